The van der Waals surface area contributed by atoms with Crippen LogP contribution >= 0.6 is 11.6 Å². The number of amides is 1. The van der Waals surface area contributed by atoms with E-state index in [1.165, 1.54) is 7.11 Å². The topological polar surface area (TPSA) is 66.8 Å². The second-order valence-corrected chi connectivity index (χ2v) is 6.48. The highest BCUT2D eigenvalue weighted by molar-refractivity contribution is 6.30. The number of para-hydroxylation sites is 1. The summed E-state index contributed by atoms with van der Waals surface area (Å²) < 4.78 is 5.69. The third-order valence-electron chi connectivity index (χ3n) is 4.77. The molecule has 1 N–H and O–H groups in total. The standard InChI is InChI=1S/C19H18ClNO4/c1-12-19(25-2,11-17(22)23)15-5-3-4-6-16(15)21(12)18(24)13-7-9-14(20)10-8-13/h3-10,12H,11H2,1-2H3,(H,22,23). The predicted molar refractivity (Wildman–Crippen MR) is 95.1 cm³/mol. The number of hydrogen-bond acceptors (Lipinski definition) is 3. The molecule has 1 aliphatic heterocycles. The Labute approximate surface area is 150 Å². The van der Waals surface area contributed by atoms with Crippen LogP contribution in [0.3, 0.4) is 0 Å². The number of anilines is 1. The van der Waals surface area contributed by atoms with Gasteiger partial charge in [0.1, 0.15) is 5.60 Å². The minimum Gasteiger partial charge on any atom is -0.481 e. The molecular weight excluding hydrogens is 342 g/mol. The summed E-state index contributed by atoms with van der Waals surface area (Å²) in [6, 6.07) is 13.4. The van der Waals surface area contributed by atoms with Crippen molar-refractivity contribution in [2.75, 3.05) is 12.0 Å². The van der Waals surface area contributed by atoms with Gasteiger partial charge in [-0.05, 0) is 37.3 Å². The average molecular weight is 360 g/mol. The molecular formula is C19H18ClNO4. The van der Waals surface area contributed by atoms with Crippen LogP contribution in [-0.4, -0.2) is 30.1 Å². The molecule has 1 aliphatic rings. The molecule has 0 spiro atoms. The number of carboxylic acid groups (broad SMARTS) is 1. The summed E-state index contributed by atoms with van der Waals surface area (Å²) in [5, 5.41) is 9.93. The lowest BCUT2D eigenvalue weighted by Gasteiger charge is -2.34. The molecule has 0 saturated heterocycles. The van der Waals surface area contributed by atoms with Gasteiger partial charge in [-0.1, -0.05) is 29.8 Å². The van der Waals surface area contributed by atoms with Crippen molar-refractivity contribution in [1.82, 2.24) is 0 Å². The molecule has 0 fully saturated rings. The number of fused-ring (bicyclic) bond motifs is 1. The normalized spacial score (nSPS) is 21.9. The molecule has 5 nitrogen and oxygen atoms in total. The SMILES string of the molecule is COC1(CC(=O)O)c2ccccc2N(C(=O)c2ccc(Cl)cc2)C1C. The molecule has 0 radical (unpaired) electrons. The van der Waals surface area contributed by atoms with Crippen molar-refractivity contribution < 1.29 is 19.4 Å². The summed E-state index contributed by atoms with van der Waals surface area (Å²) in [6.45, 7) is 1.81. The Morgan fingerprint density at radius 1 is 1.20 bits per heavy atom. The first kappa shape index (κ1) is 17.5. The lowest BCUT2D eigenvalue weighted by Crippen LogP contribution is -2.47. The third kappa shape index (κ3) is 2.79. The average Bonchev–Trinajstić information content (AvgIpc) is 2.83. The van der Waals surface area contributed by atoms with E-state index in [9.17, 15) is 14.7 Å². The van der Waals surface area contributed by atoms with E-state index < -0.39 is 17.6 Å². The van der Waals surface area contributed by atoms with Crippen LogP contribution < -0.4 is 4.90 Å². The van der Waals surface area contributed by atoms with E-state index in [0.717, 1.165) is 0 Å². The van der Waals surface area contributed by atoms with Crippen molar-refractivity contribution in [3.63, 3.8) is 0 Å². The third-order valence-corrected chi connectivity index (χ3v) is 5.02. The monoisotopic (exact) mass is 359 g/mol. The molecule has 3 rings (SSSR count). The molecule has 2 aromatic rings. The molecule has 0 saturated carbocycles. The van der Waals surface area contributed by atoms with Gasteiger partial charge in [0, 0.05) is 23.3 Å². The zero-order valence-electron chi connectivity index (χ0n) is 13.9. The second kappa shape index (κ2) is 6.50. The molecule has 0 bridgehead atoms. The number of hydrogen-bond donors (Lipinski definition) is 1. The second-order valence-electron chi connectivity index (χ2n) is 6.04. The summed E-state index contributed by atoms with van der Waals surface area (Å²) in [5.41, 5.74) is 0.755. The molecule has 130 valence electrons. The summed E-state index contributed by atoms with van der Waals surface area (Å²) in [5.74, 6) is -1.20. The first-order chi connectivity index (χ1) is 11.9. The van der Waals surface area contributed by atoms with Crippen LogP contribution in [-0.2, 0) is 15.1 Å². The minimum atomic E-state index is -1.09. The summed E-state index contributed by atoms with van der Waals surface area (Å²) in [6.07, 6.45) is -0.230. The number of carboxylic acids is 1. The first-order valence-corrected chi connectivity index (χ1v) is 8.24. The van der Waals surface area contributed by atoms with E-state index in [1.807, 2.05) is 24.3 Å². The van der Waals surface area contributed by atoms with E-state index in [1.54, 1.807) is 36.1 Å². The molecule has 25 heavy (non-hydrogen) atoms. The van der Waals surface area contributed by atoms with Crippen molar-refractivity contribution >= 4 is 29.2 Å². The van der Waals surface area contributed by atoms with Crippen LogP contribution in [0.4, 0.5) is 5.69 Å². The van der Waals surface area contributed by atoms with Crippen molar-refractivity contribution in [3.8, 4) is 0 Å². The van der Waals surface area contributed by atoms with Gasteiger partial charge < -0.3 is 14.7 Å². The largest absolute Gasteiger partial charge is 0.481 e. The number of halogens is 1. The smallest absolute Gasteiger partial charge is 0.306 e. The van der Waals surface area contributed by atoms with Crippen LogP contribution in [0.5, 0.6) is 0 Å². The highest BCUT2D eigenvalue weighted by atomic mass is 35.5. The number of carbonyl (C=O) groups is 2. The number of rotatable bonds is 4. The van der Waals surface area contributed by atoms with Gasteiger partial charge in [0.2, 0.25) is 0 Å². The van der Waals surface area contributed by atoms with Gasteiger partial charge in [0.25, 0.3) is 5.91 Å². The van der Waals surface area contributed by atoms with Gasteiger partial charge in [0.05, 0.1) is 18.2 Å². The van der Waals surface area contributed by atoms with Crippen LogP contribution in [0.2, 0.25) is 5.02 Å². The minimum absolute atomic E-state index is 0.221. The fourth-order valence-electron chi connectivity index (χ4n) is 3.52. The maximum absolute atomic E-state index is 13.1. The fourth-order valence-corrected chi connectivity index (χ4v) is 3.65. The number of nitrogens with zero attached hydrogens (tertiary/aromatic N) is 1. The lowest BCUT2D eigenvalue weighted by atomic mass is 9.86. The number of methoxy groups -OCH3 is 1. The highest BCUT2D eigenvalue weighted by Crippen LogP contribution is 2.48. The fraction of sp³-hybridized carbons (Fsp3) is 0.263. The molecule has 1 heterocycles. The van der Waals surface area contributed by atoms with Crippen molar-refractivity contribution in [2.45, 2.75) is 25.0 Å². The van der Waals surface area contributed by atoms with E-state index in [2.05, 4.69) is 0 Å². The van der Waals surface area contributed by atoms with Crippen molar-refractivity contribution in [3.05, 3.63) is 64.7 Å². The molecule has 6 heteroatoms. The van der Waals surface area contributed by atoms with Gasteiger partial charge in [-0.15, -0.1) is 0 Å². The Morgan fingerprint density at radius 2 is 1.84 bits per heavy atom. The van der Waals surface area contributed by atoms with Crippen molar-refractivity contribution in [2.24, 2.45) is 0 Å². The van der Waals surface area contributed by atoms with E-state index in [0.29, 0.717) is 21.8 Å². The molecule has 2 atom stereocenters. The van der Waals surface area contributed by atoms with Gasteiger partial charge in [-0.2, -0.15) is 0 Å². The summed E-state index contributed by atoms with van der Waals surface area (Å²) in [7, 11) is 1.48. The van der Waals surface area contributed by atoms with Gasteiger partial charge in [-0.3, -0.25) is 9.59 Å². The quantitative estimate of drug-likeness (QED) is 0.903. The van der Waals surface area contributed by atoms with E-state index >= 15 is 0 Å². The number of aliphatic carboxylic acids is 1. The van der Waals surface area contributed by atoms with Crippen LogP contribution in [0.25, 0.3) is 0 Å². The van der Waals surface area contributed by atoms with Gasteiger partial charge >= 0.3 is 5.97 Å². The van der Waals surface area contributed by atoms with Crippen molar-refractivity contribution in [1.29, 1.82) is 0 Å². The maximum Gasteiger partial charge on any atom is 0.306 e. The Morgan fingerprint density at radius 3 is 2.44 bits per heavy atom. The Balaban J connectivity index is 2.11. The molecule has 2 aromatic carbocycles. The molecule has 0 aromatic heterocycles. The lowest BCUT2D eigenvalue weighted by molar-refractivity contribution is -0.145. The van der Waals surface area contributed by atoms with Crippen LogP contribution in [0.15, 0.2) is 48.5 Å². The van der Waals surface area contributed by atoms with Gasteiger partial charge in [-0.25, -0.2) is 0 Å². The molecule has 2 unspecified atom stereocenters. The Kier molecular flexibility index (Phi) is 4.54. The first-order valence-electron chi connectivity index (χ1n) is 7.86. The zero-order valence-corrected chi connectivity index (χ0v) is 14.7. The van der Waals surface area contributed by atoms with Crippen LogP contribution in [0, 0.1) is 0 Å². The number of carbonyl (C=O) groups excluding carboxylic acids is 1. The van der Waals surface area contributed by atoms with Gasteiger partial charge in [0.15, 0.2) is 0 Å². The number of ether oxygens (including phenoxy) is 1. The molecule has 0 aliphatic carbocycles. The Bertz CT molecular complexity index is 820. The van der Waals surface area contributed by atoms with Crippen LogP contribution in [0.1, 0.15) is 29.3 Å². The summed E-state index contributed by atoms with van der Waals surface area (Å²) >= 11 is 5.90. The zero-order chi connectivity index (χ0) is 18.2. The summed E-state index contributed by atoms with van der Waals surface area (Å²) in [4.78, 5) is 26.2. The van der Waals surface area contributed by atoms with E-state index in [4.69, 9.17) is 16.3 Å². The molecule has 1 amide bonds. The highest BCUT2D eigenvalue weighted by Gasteiger charge is 2.52. The maximum atomic E-state index is 13.1. The predicted octanol–water partition coefficient (Wildman–Crippen LogP) is 3.71. The number of benzene rings is 2. The Hall–Kier alpha value is -2.37. The van der Waals surface area contributed by atoms with E-state index in [-0.39, 0.29) is 12.3 Å².